The highest BCUT2D eigenvalue weighted by molar-refractivity contribution is 6.12. The third kappa shape index (κ3) is 4.80. The third-order valence-corrected chi connectivity index (χ3v) is 6.02. The summed E-state index contributed by atoms with van der Waals surface area (Å²) in [6, 6.07) is 8.20. The second-order valence-corrected chi connectivity index (χ2v) is 8.18. The molecule has 2 heterocycles. The molecule has 1 aromatic carbocycles. The molecule has 8 nitrogen and oxygen atoms in total. The van der Waals surface area contributed by atoms with Crippen LogP contribution in [0.4, 0.5) is 11.4 Å². The van der Waals surface area contributed by atoms with E-state index in [2.05, 4.69) is 5.32 Å². The number of nitrogens with one attached hydrogen (secondary N) is 1. The number of furan rings is 1. The van der Waals surface area contributed by atoms with Crippen molar-refractivity contribution in [2.45, 2.75) is 38.6 Å². The Hall–Kier alpha value is -3.13. The van der Waals surface area contributed by atoms with E-state index >= 15 is 0 Å². The van der Waals surface area contributed by atoms with Gasteiger partial charge in [0.25, 0.3) is 0 Å². The number of carboxylic acids is 1. The largest absolute Gasteiger partial charge is 0.478 e. The second kappa shape index (κ2) is 9.34. The van der Waals surface area contributed by atoms with E-state index in [-0.39, 0.29) is 30.5 Å². The number of nitrogens with zero attached hydrogens (tertiary/aromatic N) is 2. The third-order valence-electron chi connectivity index (χ3n) is 6.02. The Morgan fingerprint density at radius 3 is 2.65 bits per heavy atom. The van der Waals surface area contributed by atoms with Crippen LogP contribution in [0, 0.1) is 5.92 Å². The van der Waals surface area contributed by atoms with Crippen molar-refractivity contribution in [2.24, 2.45) is 5.92 Å². The fourth-order valence-corrected chi connectivity index (χ4v) is 4.39. The highest BCUT2D eigenvalue weighted by Gasteiger charge is 2.34. The number of hydrogen-bond acceptors (Lipinski definition) is 5. The molecule has 1 aromatic heterocycles. The Morgan fingerprint density at radius 1 is 1.13 bits per heavy atom. The predicted molar refractivity (Wildman–Crippen MR) is 115 cm³/mol. The van der Waals surface area contributed by atoms with E-state index in [1.807, 2.05) is 0 Å². The average Bonchev–Trinajstić information content (AvgIpc) is 3.29. The number of anilines is 2. The van der Waals surface area contributed by atoms with Crippen molar-refractivity contribution in [3.05, 3.63) is 47.9 Å². The monoisotopic (exact) mass is 425 g/mol. The van der Waals surface area contributed by atoms with E-state index in [1.165, 1.54) is 36.3 Å². The van der Waals surface area contributed by atoms with Gasteiger partial charge in [0, 0.05) is 6.54 Å². The number of rotatable bonds is 7. The highest BCUT2D eigenvalue weighted by Crippen LogP contribution is 2.36. The molecule has 2 aromatic rings. The lowest BCUT2D eigenvalue weighted by Gasteiger charge is -2.38. The van der Waals surface area contributed by atoms with Crippen molar-refractivity contribution in [3.8, 4) is 0 Å². The Labute approximate surface area is 180 Å². The molecule has 164 valence electrons. The Bertz CT molecular complexity index is 950. The van der Waals surface area contributed by atoms with Gasteiger partial charge in [0.2, 0.25) is 11.8 Å². The first-order chi connectivity index (χ1) is 15.0. The van der Waals surface area contributed by atoms with Gasteiger partial charge in [-0.1, -0.05) is 19.3 Å². The predicted octanol–water partition coefficient (Wildman–Crippen LogP) is 3.03. The fourth-order valence-electron chi connectivity index (χ4n) is 4.39. The lowest BCUT2D eigenvalue weighted by Crippen LogP contribution is -2.51. The van der Waals surface area contributed by atoms with Crippen LogP contribution >= 0.6 is 0 Å². The van der Waals surface area contributed by atoms with Crippen LogP contribution in [0.25, 0.3) is 0 Å². The molecule has 2 aliphatic rings. The molecular weight excluding hydrogens is 398 g/mol. The minimum atomic E-state index is -1.07. The summed E-state index contributed by atoms with van der Waals surface area (Å²) < 4.78 is 5.25. The SMILES string of the molecule is O=C(O)c1ccc2c(c1)N(C(=O)CNCc1ccco1)CC(=O)N2CC1CCCCC1. The van der Waals surface area contributed by atoms with E-state index in [0.29, 0.717) is 36.1 Å². The fraction of sp³-hybridized carbons (Fsp3) is 0.435. The summed E-state index contributed by atoms with van der Waals surface area (Å²) in [6.07, 6.45) is 7.31. The number of hydrogen-bond donors (Lipinski definition) is 2. The quantitative estimate of drug-likeness (QED) is 0.707. The molecule has 4 rings (SSSR count). The van der Waals surface area contributed by atoms with Gasteiger partial charge in [-0.2, -0.15) is 0 Å². The summed E-state index contributed by atoms with van der Waals surface area (Å²) in [6.45, 7) is 0.908. The highest BCUT2D eigenvalue weighted by atomic mass is 16.4. The topological polar surface area (TPSA) is 103 Å². The van der Waals surface area contributed by atoms with Gasteiger partial charge in [-0.05, 0) is 49.1 Å². The van der Waals surface area contributed by atoms with Crippen molar-refractivity contribution < 1.29 is 23.9 Å². The van der Waals surface area contributed by atoms with Crippen LogP contribution in [0.15, 0.2) is 41.0 Å². The number of fused-ring (bicyclic) bond motifs is 1. The van der Waals surface area contributed by atoms with Gasteiger partial charge < -0.3 is 19.7 Å². The number of carbonyl (C=O) groups excluding carboxylic acids is 2. The molecule has 2 amide bonds. The first-order valence-corrected chi connectivity index (χ1v) is 10.7. The van der Waals surface area contributed by atoms with E-state index < -0.39 is 5.97 Å². The Morgan fingerprint density at radius 2 is 1.94 bits per heavy atom. The lowest BCUT2D eigenvalue weighted by atomic mass is 9.88. The molecule has 2 N–H and O–H groups in total. The van der Waals surface area contributed by atoms with Gasteiger partial charge in [-0.25, -0.2) is 4.79 Å². The van der Waals surface area contributed by atoms with E-state index in [0.717, 1.165) is 12.8 Å². The maximum Gasteiger partial charge on any atom is 0.335 e. The molecule has 0 spiro atoms. The smallest absolute Gasteiger partial charge is 0.335 e. The summed E-state index contributed by atoms with van der Waals surface area (Å²) >= 11 is 0. The van der Waals surface area contributed by atoms with Crippen LogP contribution in [0.5, 0.6) is 0 Å². The second-order valence-electron chi connectivity index (χ2n) is 8.18. The molecule has 0 unspecified atom stereocenters. The molecule has 1 saturated carbocycles. The standard InChI is InChI=1S/C23H27N3O5/c27-21(13-24-12-18-7-4-10-31-18)26-15-22(28)25(14-16-5-2-1-3-6-16)19-9-8-17(23(29)30)11-20(19)26/h4,7-11,16,24H,1-3,5-6,12-15H2,(H,29,30). The first-order valence-electron chi connectivity index (χ1n) is 10.7. The van der Waals surface area contributed by atoms with E-state index in [9.17, 15) is 19.5 Å². The molecular formula is C23H27N3O5. The van der Waals surface area contributed by atoms with E-state index in [1.54, 1.807) is 29.4 Å². The molecule has 8 heteroatoms. The molecule has 1 fully saturated rings. The number of benzene rings is 1. The van der Waals surface area contributed by atoms with Crippen LogP contribution in [0.2, 0.25) is 0 Å². The maximum atomic E-state index is 13.0. The van der Waals surface area contributed by atoms with Crippen molar-refractivity contribution >= 4 is 29.2 Å². The molecule has 0 saturated heterocycles. The zero-order valence-corrected chi connectivity index (χ0v) is 17.4. The molecule has 0 atom stereocenters. The van der Waals surface area contributed by atoms with Crippen molar-refractivity contribution in [1.29, 1.82) is 0 Å². The van der Waals surface area contributed by atoms with E-state index in [4.69, 9.17) is 4.42 Å². The number of carbonyl (C=O) groups is 3. The van der Waals surface area contributed by atoms with Crippen molar-refractivity contribution in [2.75, 3.05) is 29.4 Å². The van der Waals surface area contributed by atoms with Crippen LogP contribution in [0.3, 0.4) is 0 Å². The molecule has 1 aliphatic heterocycles. The number of amides is 2. The van der Waals surface area contributed by atoms with Crippen molar-refractivity contribution in [3.63, 3.8) is 0 Å². The van der Waals surface area contributed by atoms with Crippen LogP contribution in [0.1, 0.15) is 48.2 Å². The Kier molecular flexibility index (Phi) is 6.36. The lowest BCUT2D eigenvalue weighted by molar-refractivity contribution is -0.122. The summed E-state index contributed by atoms with van der Waals surface area (Å²) in [7, 11) is 0. The van der Waals surface area contributed by atoms with Gasteiger partial charge in [-0.15, -0.1) is 0 Å². The zero-order chi connectivity index (χ0) is 21.8. The normalized spacial score (nSPS) is 17.0. The summed E-state index contributed by atoms with van der Waals surface area (Å²) in [4.78, 5) is 40.6. The Balaban J connectivity index is 1.55. The molecule has 0 bridgehead atoms. The van der Waals surface area contributed by atoms with Gasteiger partial charge in [0.15, 0.2) is 0 Å². The molecule has 1 aliphatic carbocycles. The van der Waals surface area contributed by atoms with Crippen LogP contribution in [-0.4, -0.2) is 42.5 Å². The summed E-state index contributed by atoms with van der Waals surface area (Å²) in [5.41, 5.74) is 1.17. The van der Waals surface area contributed by atoms with Gasteiger partial charge in [0.1, 0.15) is 12.3 Å². The van der Waals surface area contributed by atoms with Gasteiger partial charge in [-0.3, -0.25) is 14.5 Å². The minimum Gasteiger partial charge on any atom is -0.478 e. The minimum absolute atomic E-state index is 0.00729. The summed E-state index contributed by atoms with van der Waals surface area (Å²) in [5, 5.41) is 12.4. The van der Waals surface area contributed by atoms with Crippen molar-refractivity contribution in [1.82, 2.24) is 5.32 Å². The molecule has 0 radical (unpaired) electrons. The maximum absolute atomic E-state index is 13.0. The van der Waals surface area contributed by atoms with Gasteiger partial charge >= 0.3 is 5.97 Å². The van der Waals surface area contributed by atoms with Crippen LogP contribution in [-0.2, 0) is 16.1 Å². The van der Waals surface area contributed by atoms with Crippen LogP contribution < -0.4 is 15.1 Å². The number of carboxylic acid groups (broad SMARTS) is 1. The average molecular weight is 425 g/mol. The zero-order valence-electron chi connectivity index (χ0n) is 17.4. The van der Waals surface area contributed by atoms with Gasteiger partial charge in [0.05, 0.1) is 36.3 Å². The number of aromatic carboxylic acids is 1. The summed E-state index contributed by atoms with van der Waals surface area (Å²) in [5.74, 6) is -0.361. The molecule has 31 heavy (non-hydrogen) atoms. The first kappa shape index (κ1) is 21.1.